The van der Waals surface area contributed by atoms with Crippen molar-refractivity contribution in [2.45, 2.75) is 251 Å². The number of carbonyl (C=O) groups is 2. The van der Waals surface area contributed by atoms with E-state index >= 15 is 0 Å². The van der Waals surface area contributed by atoms with E-state index in [-0.39, 0.29) is 26.1 Å². The van der Waals surface area contributed by atoms with E-state index in [0.717, 1.165) is 32.1 Å². The molecule has 0 aliphatic rings. The van der Waals surface area contributed by atoms with Gasteiger partial charge in [0.05, 0.1) is 27.7 Å². The summed E-state index contributed by atoms with van der Waals surface area (Å²) >= 11 is 0. The van der Waals surface area contributed by atoms with Crippen LogP contribution in [-0.4, -0.2) is 74.9 Å². The van der Waals surface area contributed by atoms with E-state index in [9.17, 15) is 19.0 Å². The molecule has 0 aromatic heterocycles. The molecule has 9 nitrogen and oxygen atoms in total. The highest BCUT2D eigenvalue weighted by Crippen LogP contribution is 2.43. The van der Waals surface area contributed by atoms with Crippen molar-refractivity contribution in [1.29, 1.82) is 0 Å². The summed E-state index contributed by atoms with van der Waals surface area (Å²) in [5, 5.41) is 0. The van der Waals surface area contributed by atoms with Crippen molar-refractivity contribution in [2.24, 2.45) is 0 Å². The molecular formula is C54H103NO8P+. The smallest absolute Gasteiger partial charge is 0.462 e. The van der Waals surface area contributed by atoms with Crippen LogP contribution in [0.2, 0.25) is 0 Å². The van der Waals surface area contributed by atoms with Crippen molar-refractivity contribution in [2.75, 3.05) is 47.5 Å². The predicted octanol–water partition coefficient (Wildman–Crippen LogP) is 16.0. The first-order valence-corrected chi connectivity index (χ1v) is 28.2. The molecule has 0 radical (unpaired) electrons. The van der Waals surface area contributed by atoms with Crippen LogP contribution in [0.4, 0.5) is 0 Å². The summed E-state index contributed by atoms with van der Waals surface area (Å²) in [4.78, 5) is 35.5. The summed E-state index contributed by atoms with van der Waals surface area (Å²) in [5.74, 6) is -0.880. The highest BCUT2D eigenvalue weighted by atomic mass is 31.2. The van der Waals surface area contributed by atoms with Crippen molar-refractivity contribution in [3.05, 3.63) is 36.5 Å². The average Bonchev–Trinajstić information content (AvgIpc) is 3.25. The molecule has 0 rings (SSSR count). The van der Waals surface area contributed by atoms with Gasteiger partial charge in [0.2, 0.25) is 0 Å². The second-order valence-corrected chi connectivity index (χ2v) is 20.7. The number of quaternary nitrogens is 1. The molecule has 0 heterocycles. The number of hydrogen-bond donors (Lipinski definition) is 1. The highest BCUT2D eigenvalue weighted by Gasteiger charge is 2.27. The Balaban J connectivity index is 4.26. The molecule has 2 atom stereocenters. The predicted molar refractivity (Wildman–Crippen MR) is 270 cm³/mol. The van der Waals surface area contributed by atoms with Crippen LogP contribution in [-0.2, 0) is 32.7 Å². The fourth-order valence-corrected chi connectivity index (χ4v) is 8.21. The Morgan fingerprint density at radius 1 is 0.484 bits per heavy atom. The lowest BCUT2D eigenvalue weighted by molar-refractivity contribution is -0.870. The van der Waals surface area contributed by atoms with Gasteiger partial charge in [-0.05, 0) is 57.8 Å². The van der Waals surface area contributed by atoms with Crippen LogP contribution in [0, 0.1) is 0 Å². The van der Waals surface area contributed by atoms with Gasteiger partial charge in [0.15, 0.2) is 6.10 Å². The van der Waals surface area contributed by atoms with Gasteiger partial charge in [-0.2, -0.15) is 0 Å². The molecule has 1 unspecified atom stereocenters. The maximum absolute atomic E-state index is 12.7. The van der Waals surface area contributed by atoms with Crippen LogP contribution < -0.4 is 0 Å². The number of phosphoric ester groups is 1. The lowest BCUT2D eigenvalue weighted by atomic mass is 10.0. The molecule has 0 fully saturated rings. The number of esters is 2. The van der Waals surface area contributed by atoms with Gasteiger partial charge in [-0.1, -0.05) is 211 Å². The second-order valence-electron chi connectivity index (χ2n) is 19.3. The molecule has 0 bridgehead atoms. The number of rotatable bonds is 49. The largest absolute Gasteiger partial charge is 0.472 e. The number of allylic oxidation sites excluding steroid dienone is 6. The lowest BCUT2D eigenvalue weighted by Crippen LogP contribution is -2.37. The van der Waals surface area contributed by atoms with Gasteiger partial charge in [-0.3, -0.25) is 18.6 Å². The van der Waals surface area contributed by atoms with Crippen LogP contribution >= 0.6 is 7.82 Å². The molecule has 0 saturated carbocycles. The first kappa shape index (κ1) is 62.2. The number of ether oxygens (including phenoxy) is 2. The summed E-state index contributed by atoms with van der Waals surface area (Å²) in [7, 11) is 1.45. The first-order chi connectivity index (χ1) is 31.0. The zero-order chi connectivity index (χ0) is 47.1. The fourth-order valence-electron chi connectivity index (χ4n) is 7.47. The molecule has 376 valence electrons. The van der Waals surface area contributed by atoms with Gasteiger partial charge in [-0.15, -0.1) is 0 Å². The number of nitrogens with zero attached hydrogens (tertiary/aromatic N) is 1. The van der Waals surface area contributed by atoms with Crippen molar-refractivity contribution in [1.82, 2.24) is 0 Å². The maximum atomic E-state index is 12.7. The van der Waals surface area contributed by atoms with Gasteiger partial charge in [-0.25, -0.2) is 4.57 Å². The second kappa shape index (κ2) is 46.3. The van der Waals surface area contributed by atoms with E-state index in [1.54, 1.807) is 0 Å². The molecule has 0 aromatic carbocycles. The minimum atomic E-state index is -4.40. The van der Waals surface area contributed by atoms with Crippen LogP contribution in [0.5, 0.6) is 0 Å². The Hall–Kier alpha value is -1.77. The van der Waals surface area contributed by atoms with Crippen LogP contribution in [0.3, 0.4) is 0 Å². The standard InChI is InChI=1S/C54H102NO8P/c1-6-8-10-12-14-16-18-20-22-24-25-26-27-28-29-31-32-34-36-38-40-42-44-46-53(56)60-50-52(51-62-64(58,59)61-49-48-55(3,4)5)63-54(57)47-45-43-41-39-37-35-33-30-23-21-19-17-15-13-11-9-7-2/h33,35,38-41,52H,6-32,34,36-37,42-51H2,1-5H3/p+1/b35-33+,40-38+,41-39+/t52-/m0/s1. The summed E-state index contributed by atoms with van der Waals surface area (Å²) < 4.78 is 34.4. The maximum Gasteiger partial charge on any atom is 0.472 e. The van der Waals surface area contributed by atoms with Crippen molar-refractivity contribution < 1.29 is 42.1 Å². The quantitative estimate of drug-likeness (QED) is 0.0211. The molecule has 64 heavy (non-hydrogen) atoms. The molecule has 0 aromatic rings. The Morgan fingerprint density at radius 2 is 0.844 bits per heavy atom. The van der Waals surface area contributed by atoms with Gasteiger partial charge in [0, 0.05) is 12.8 Å². The third-order valence-corrected chi connectivity index (χ3v) is 12.6. The zero-order valence-electron chi connectivity index (χ0n) is 42.5. The van der Waals surface area contributed by atoms with E-state index in [1.165, 1.54) is 173 Å². The van der Waals surface area contributed by atoms with Gasteiger partial charge in [0.1, 0.15) is 19.8 Å². The molecule has 1 N–H and O–H groups in total. The zero-order valence-corrected chi connectivity index (χ0v) is 43.4. The SMILES string of the molecule is CCCCCCCCCCC/C=C/C/C=C/CCCC(=O)O[C@@H](COC(=O)CCC/C=C/CCCCCCCCCCCCCCCCCCCC)COP(=O)(O)OCC[N+](C)(C)C. The van der Waals surface area contributed by atoms with E-state index in [2.05, 4.69) is 50.3 Å². The monoisotopic (exact) mass is 925 g/mol. The van der Waals surface area contributed by atoms with Crippen molar-refractivity contribution in [3.63, 3.8) is 0 Å². The summed E-state index contributed by atoms with van der Waals surface area (Å²) in [5.41, 5.74) is 0. The third-order valence-electron chi connectivity index (χ3n) is 11.6. The number of carbonyl (C=O) groups excluding carboxylic acids is 2. The van der Waals surface area contributed by atoms with Crippen LogP contribution in [0.15, 0.2) is 36.5 Å². The van der Waals surface area contributed by atoms with Crippen LogP contribution in [0.25, 0.3) is 0 Å². The number of unbranched alkanes of at least 4 members (excludes halogenated alkanes) is 29. The van der Waals surface area contributed by atoms with E-state index in [1.807, 2.05) is 21.1 Å². The number of likely N-dealkylation sites (N-methyl/N-ethyl adjacent to an activating group) is 1. The van der Waals surface area contributed by atoms with Gasteiger partial charge in [0.25, 0.3) is 0 Å². The molecule has 0 aliphatic carbocycles. The topological polar surface area (TPSA) is 108 Å². The minimum absolute atomic E-state index is 0.0212. The molecule has 0 amide bonds. The number of hydrogen-bond acceptors (Lipinski definition) is 7. The van der Waals surface area contributed by atoms with Crippen molar-refractivity contribution >= 4 is 19.8 Å². The molecule has 0 aliphatic heterocycles. The lowest BCUT2D eigenvalue weighted by Gasteiger charge is -2.24. The minimum Gasteiger partial charge on any atom is -0.462 e. The average molecular weight is 925 g/mol. The third kappa shape index (κ3) is 49.7. The van der Waals surface area contributed by atoms with Crippen LogP contribution in [0.1, 0.15) is 245 Å². The summed E-state index contributed by atoms with van der Waals surface area (Å²) in [6.45, 7) is 4.38. The van der Waals surface area contributed by atoms with Crippen molar-refractivity contribution in [3.8, 4) is 0 Å². The highest BCUT2D eigenvalue weighted by molar-refractivity contribution is 7.47. The molecule has 0 spiro atoms. The van der Waals surface area contributed by atoms with E-state index < -0.39 is 32.5 Å². The molecular weight excluding hydrogens is 822 g/mol. The fraction of sp³-hybridized carbons (Fsp3) is 0.852. The molecule has 0 saturated heterocycles. The molecule has 10 heteroatoms. The van der Waals surface area contributed by atoms with Gasteiger partial charge >= 0.3 is 19.8 Å². The van der Waals surface area contributed by atoms with E-state index in [4.69, 9.17) is 18.5 Å². The first-order valence-electron chi connectivity index (χ1n) is 26.7. The number of phosphoric acid groups is 1. The summed E-state index contributed by atoms with van der Waals surface area (Å²) in [6, 6.07) is 0. The van der Waals surface area contributed by atoms with E-state index in [0.29, 0.717) is 23.9 Å². The normalized spacial score (nSPS) is 13.7. The van der Waals surface area contributed by atoms with Gasteiger partial charge < -0.3 is 18.9 Å². The Bertz CT molecular complexity index is 1180. The summed E-state index contributed by atoms with van der Waals surface area (Å²) in [6.07, 6.45) is 55.2. The Morgan fingerprint density at radius 3 is 1.25 bits per heavy atom. The Kier molecular flexibility index (Phi) is 45.1. The Labute approximate surface area is 395 Å².